The second-order valence-electron chi connectivity index (χ2n) is 4.58. The van der Waals surface area contributed by atoms with Gasteiger partial charge in [0.15, 0.2) is 0 Å². The van der Waals surface area contributed by atoms with Crippen molar-refractivity contribution in [2.45, 2.75) is 45.1 Å². The summed E-state index contributed by atoms with van der Waals surface area (Å²) in [7, 11) is 0. The minimum absolute atomic E-state index is 0.0782. The Morgan fingerprint density at radius 3 is 2.88 bits per heavy atom. The Balaban J connectivity index is 2.19. The molecular formula is C14H20FN. The summed E-state index contributed by atoms with van der Waals surface area (Å²) < 4.78 is 13.7. The maximum Gasteiger partial charge on any atom is 0.146 e. The lowest BCUT2D eigenvalue weighted by Crippen LogP contribution is -2.39. The molecule has 16 heavy (non-hydrogen) atoms. The molecule has 1 fully saturated rings. The first kappa shape index (κ1) is 11.4. The predicted molar refractivity (Wildman–Crippen MR) is 66.3 cm³/mol. The first-order valence-electron chi connectivity index (χ1n) is 6.34. The number of anilines is 1. The van der Waals surface area contributed by atoms with E-state index in [1.165, 1.54) is 32.1 Å². The van der Waals surface area contributed by atoms with Crippen molar-refractivity contribution >= 4 is 5.69 Å². The SMILES string of the molecule is CCCC1CCCCN1c1ccccc1F. The highest BCUT2D eigenvalue weighted by Gasteiger charge is 2.23. The summed E-state index contributed by atoms with van der Waals surface area (Å²) in [4.78, 5) is 2.27. The molecule has 1 aliphatic rings. The highest BCUT2D eigenvalue weighted by Crippen LogP contribution is 2.28. The fourth-order valence-electron chi connectivity index (χ4n) is 2.64. The van der Waals surface area contributed by atoms with Gasteiger partial charge in [0, 0.05) is 12.6 Å². The molecule has 2 rings (SSSR count). The predicted octanol–water partition coefficient (Wildman–Crippen LogP) is 3.98. The molecule has 0 spiro atoms. The summed E-state index contributed by atoms with van der Waals surface area (Å²) in [5.41, 5.74) is 0.792. The lowest BCUT2D eigenvalue weighted by molar-refractivity contribution is 0.429. The van der Waals surface area contributed by atoms with E-state index in [-0.39, 0.29) is 5.82 Å². The van der Waals surface area contributed by atoms with Crippen molar-refractivity contribution in [2.24, 2.45) is 0 Å². The van der Waals surface area contributed by atoms with Crippen LogP contribution in [-0.4, -0.2) is 12.6 Å². The summed E-state index contributed by atoms with van der Waals surface area (Å²) >= 11 is 0. The van der Waals surface area contributed by atoms with Crippen LogP contribution >= 0.6 is 0 Å². The van der Waals surface area contributed by atoms with Gasteiger partial charge < -0.3 is 4.90 Å². The van der Waals surface area contributed by atoms with E-state index in [9.17, 15) is 4.39 Å². The van der Waals surface area contributed by atoms with E-state index in [4.69, 9.17) is 0 Å². The molecule has 1 nitrogen and oxygen atoms in total. The molecule has 0 aromatic heterocycles. The van der Waals surface area contributed by atoms with E-state index < -0.39 is 0 Å². The van der Waals surface area contributed by atoms with E-state index in [2.05, 4.69) is 11.8 Å². The molecule has 0 bridgehead atoms. The topological polar surface area (TPSA) is 3.24 Å². The number of halogens is 1. The molecule has 1 aliphatic heterocycles. The van der Waals surface area contributed by atoms with E-state index in [1.54, 1.807) is 12.1 Å². The van der Waals surface area contributed by atoms with Gasteiger partial charge in [0.1, 0.15) is 5.82 Å². The second kappa shape index (κ2) is 5.33. The van der Waals surface area contributed by atoms with Crippen molar-refractivity contribution in [2.75, 3.05) is 11.4 Å². The maximum absolute atomic E-state index is 13.7. The second-order valence-corrected chi connectivity index (χ2v) is 4.58. The van der Waals surface area contributed by atoms with E-state index >= 15 is 0 Å². The van der Waals surface area contributed by atoms with E-state index in [0.717, 1.165) is 12.2 Å². The molecule has 0 saturated carbocycles. The van der Waals surface area contributed by atoms with Crippen LogP contribution in [0.5, 0.6) is 0 Å². The largest absolute Gasteiger partial charge is 0.366 e. The van der Waals surface area contributed by atoms with Crippen LogP contribution in [0.2, 0.25) is 0 Å². The Hall–Kier alpha value is -1.05. The fourth-order valence-corrected chi connectivity index (χ4v) is 2.64. The van der Waals surface area contributed by atoms with Crippen molar-refractivity contribution in [3.05, 3.63) is 30.1 Å². The van der Waals surface area contributed by atoms with Crippen LogP contribution in [-0.2, 0) is 0 Å². The molecule has 0 N–H and O–H groups in total. The van der Waals surface area contributed by atoms with Crippen molar-refractivity contribution in [1.29, 1.82) is 0 Å². The van der Waals surface area contributed by atoms with Gasteiger partial charge in [0.05, 0.1) is 5.69 Å². The molecule has 88 valence electrons. The minimum atomic E-state index is -0.0782. The van der Waals surface area contributed by atoms with Gasteiger partial charge in [-0.2, -0.15) is 0 Å². The first-order chi connectivity index (χ1) is 7.83. The fraction of sp³-hybridized carbons (Fsp3) is 0.571. The first-order valence-corrected chi connectivity index (χ1v) is 6.34. The van der Waals surface area contributed by atoms with Gasteiger partial charge >= 0.3 is 0 Å². The van der Waals surface area contributed by atoms with Crippen LogP contribution in [0, 0.1) is 5.82 Å². The number of hydrogen-bond acceptors (Lipinski definition) is 1. The lowest BCUT2D eigenvalue weighted by atomic mass is 9.97. The van der Waals surface area contributed by atoms with Crippen LogP contribution < -0.4 is 4.90 Å². The quantitative estimate of drug-likeness (QED) is 0.746. The van der Waals surface area contributed by atoms with Gasteiger partial charge in [-0.3, -0.25) is 0 Å². The Morgan fingerprint density at radius 2 is 2.12 bits per heavy atom. The molecule has 2 heteroatoms. The molecule has 1 heterocycles. The molecule has 1 unspecified atom stereocenters. The monoisotopic (exact) mass is 221 g/mol. The third-order valence-electron chi connectivity index (χ3n) is 3.41. The van der Waals surface area contributed by atoms with Gasteiger partial charge in [-0.05, 0) is 37.8 Å². The summed E-state index contributed by atoms with van der Waals surface area (Å²) in [6.07, 6.45) is 6.04. The molecule has 1 aromatic carbocycles. The summed E-state index contributed by atoms with van der Waals surface area (Å²) in [6, 6.07) is 7.69. The maximum atomic E-state index is 13.7. The normalized spacial score (nSPS) is 21.1. The molecule has 0 radical (unpaired) electrons. The summed E-state index contributed by atoms with van der Waals surface area (Å²) in [5, 5.41) is 0. The van der Waals surface area contributed by atoms with Gasteiger partial charge in [-0.25, -0.2) is 4.39 Å². The average Bonchev–Trinajstić information content (AvgIpc) is 2.31. The smallest absolute Gasteiger partial charge is 0.146 e. The Kier molecular flexibility index (Phi) is 3.81. The van der Waals surface area contributed by atoms with Crippen molar-refractivity contribution < 1.29 is 4.39 Å². The number of rotatable bonds is 3. The number of nitrogens with zero attached hydrogens (tertiary/aromatic N) is 1. The number of benzene rings is 1. The molecule has 1 atom stereocenters. The average molecular weight is 221 g/mol. The Labute approximate surface area is 97.3 Å². The third kappa shape index (κ3) is 2.37. The zero-order valence-corrected chi connectivity index (χ0v) is 9.95. The zero-order chi connectivity index (χ0) is 11.4. The van der Waals surface area contributed by atoms with Gasteiger partial charge in [0.2, 0.25) is 0 Å². The van der Waals surface area contributed by atoms with E-state index in [0.29, 0.717) is 6.04 Å². The van der Waals surface area contributed by atoms with Crippen molar-refractivity contribution in [1.82, 2.24) is 0 Å². The van der Waals surface area contributed by atoms with Crippen LogP contribution in [0.4, 0.5) is 10.1 Å². The highest BCUT2D eigenvalue weighted by atomic mass is 19.1. The Morgan fingerprint density at radius 1 is 1.31 bits per heavy atom. The zero-order valence-electron chi connectivity index (χ0n) is 9.95. The molecule has 1 saturated heterocycles. The summed E-state index contributed by atoms with van der Waals surface area (Å²) in [5.74, 6) is -0.0782. The van der Waals surface area contributed by atoms with Gasteiger partial charge in [-0.15, -0.1) is 0 Å². The number of piperidine rings is 1. The lowest BCUT2D eigenvalue weighted by Gasteiger charge is -2.37. The van der Waals surface area contributed by atoms with Crippen LogP contribution in [0.1, 0.15) is 39.0 Å². The number of hydrogen-bond donors (Lipinski definition) is 0. The minimum Gasteiger partial charge on any atom is -0.366 e. The molecule has 1 aromatic rings. The third-order valence-corrected chi connectivity index (χ3v) is 3.41. The van der Waals surface area contributed by atoms with Crippen LogP contribution in [0.15, 0.2) is 24.3 Å². The standard InChI is InChI=1S/C14H20FN/c1-2-7-12-8-5-6-11-16(12)14-10-4-3-9-13(14)15/h3-4,9-10,12H,2,5-8,11H2,1H3. The number of para-hydroxylation sites is 1. The van der Waals surface area contributed by atoms with Crippen molar-refractivity contribution in [3.8, 4) is 0 Å². The summed E-state index contributed by atoms with van der Waals surface area (Å²) in [6.45, 7) is 3.21. The highest BCUT2D eigenvalue weighted by molar-refractivity contribution is 5.48. The van der Waals surface area contributed by atoms with Gasteiger partial charge in [0.25, 0.3) is 0 Å². The van der Waals surface area contributed by atoms with E-state index in [1.807, 2.05) is 12.1 Å². The molecule has 0 aliphatic carbocycles. The van der Waals surface area contributed by atoms with Crippen molar-refractivity contribution in [3.63, 3.8) is 0 Å². The van der Waals surface area contributed by atoms with Crippen LogP contribution in [0.25, 0.3) is 0 Å². The van der Waals surface area contributed by atoms with Crippen LogP contribution in [0.3, 0.4) is 0 Å². The Bertz CT molecular complexity index is 335. The van der Waals surface area contributed by atoms with Gasteiger partial charge in [-0.1, -0.05) is 25.5 Å². The molecular weight excluding hydrogens is 201 g/mol. The molecule has 0 amide bonds.